The number of nitrogens with zero attached hydrogens (tertiary/aromatic N) is 2. The molecule has 0 radical (unpaired) electrons. The van der Waals surface area contributed by atoms with Gasteiger partial charge in [0.2, 0.25) is 11.8 Å². The third-order valence-electron chi connectivity index (χ3n) is 6.80. The Balaban J connectivity index is 1.72. The number of carbonyl (C=O) groups is 3. The van der Waals surface area contributed by atoms with Crippen molar-refractivity contribution < 1.29 is 23.9 Å². The van der Waals surface area contributed by atoms with E-state index in [0.29, 0.717) is 38.6 Å². The Morgan fingerprint density at radius 1 is 1.10 bits per heavy atom. The molecule has 3 aliphatic rings. The maximum atomic E-state index is 13.5. The molecule has 2 saturated heterocycles. The van der Waals surface area contributed by atoms with E-state index in [-0.39, 0.29) is 36.8 Å². The summed E-state index contributed by atoms with van der Waals surface area (Å²) in [5.41, 5.74) is 0. The molecule has 0 bridgehead atoms. The van der Waals surface area contributed by atoms with E-state index in [9.17, 15) is 14.4 Å². The highest BCUT2D eigenvalue weighted by Crippen LogP contribution is 2.35. The average Bonchev–Trinajstić information content (AvgIpc) is 3.11. The minimum atomic E-state index is -0.560. The molecule has 1 saturated carbocycles. The summed E-state index contributed by atoms with van der Waals surface area (Å²) in [5.74, 6) is 0.589. The quantitative estimate of drug-likeness (QED) is 0.675. The lowest BCUT2D eigenvalue weighted by atomic mass is 9.77. The van der Waals surface area contributed by atoms with Crippen LogP contribution in [0.3, 0.4) is 0 Å². The van der Waals surface area contributed by atoms with Gasteiger partial charge < -0.3 is 14.4 Å². The van der Waals surface area contributed by atoms with Gasteiger partial charge in [-0.2, -0.15) is 0 Å². The third kappa shape index (κ3) is 5.50. The van der Waals surface area contributed by atoms with Crippen molar-refractivity contribution in [2.24, 2.45) is 23.7 Å². The number of morpholine rings is 1. The van der Waals surface area contributed by atoms with Crippen LogP contribution in [-0.2, 0) is 19.1 Å². The molecule has 29 heavy (non-hydrogen) atoms. The third-order valence-corrected chi connectivity index (χ3v) is 6.80. The predicted octanol–water partition coefficient (Wildman–Crippen LogP) is 3.07. The maximum Gasteiger partial charge on any atom is 0.416 e. The predicted molar refractivity (Wildman–Crippen MR) is 108 cm³/mol. The van der Waals surface area contributed by atoms with Gasteiger partial charge in [-0.1, -0.05) is 46.5 Å². The molecule has 3 rings (SSSR count). The lowest BCUT2D eigenvalue weighted by Gasteiger charge is -2.33. The van der Waals surface area contributed by atoms with Crippen LogP contribution < -0.4 is 0 Å². The van der Waals surface area contributed by atoms with Crippen molar-refractivity contribution in [1.29, 1.82) is 0 Å². The minimum Gasteiger partial charge on any atom is -0.447 e. The van der Waals surface area contributed by atoms with E-state index in [1.165, 1.54) is 17.7 Å². The van der Waals surface area contributed by atoms with Crippen molar-refractivity contribution >= 4 is 17.9 Å². The molecule has 0 aromatic rings. The molecule has 0 aromatic carbocycles. The molecule has 3 fully saturated rings. The molecular formula is C22H36N2O5. The van der Waals surface area contributed by atoms with Crippen molar-refractivity contribution in [2.75, 3.05) is 32.9 Å². The van der Waals surface area contributed by atoms with Gasteiger partial charge in [0.05, 0.1) is 19.3 Å². The van der Waals surface area contributed by atoms with Crippen LogP contribution in [0, 0.1) is 23.7 Å². The average molecular weight is 409 g/mol. The molecule has 1 unspecified atom stereocenters. The van der Waals surface area contributed by atoms with Crippen LogP contribution in [0.1, 0.15) is 59.3 Å². The number of amides is 3. The molecule has 1 aliphatic carbocycles. The fraction of sp³-hybridized carbons (Fsp3) is 0.864. The number of cyclic esters (lactones) is 1. The van der Waals surface area contributed by atoms with Gasteiger partial charge in [-0.3, -0.25) is 9.59 Å². The number of rotatable bonds is 6. The monoisotopic (exact) mass is 408 g/mol. The first-order chi connectivity index (χ1) is 13.9. The number of carbonyl (C=O) groups excluding carboxylic acids is 3. The van der Waals surface area contributed by atoms with Crippen molar-refractivity contribution in [1.82, 2.24) is 9.80 Å². The van der Waals surface area contributed by atoms with E-state index in [2.05, 4.69) is 6.92 Å². The second-order valence-electron chi connectivity index (χ2n) is 9.35. The number of imide groups is 1. The summed E-state index contributed by atoms with van der Waals surface area (Å²) >= 11 is 0. The van der Waals surface area contributed by atoms with Gasteiger partial charge in [0, 0.05) is 25.4 Å². The molecule has 7 nitrogen and oxygen atoms in total. The van der Waals surface area contributed by atoms with Gasteiger partial charge >= 0.3 is 6.09 Å². The SMILES string of the molecule is CC1CCC(CC(CC(=O)N2CCOCC2)C(=O)N2C(=O)OC[C@@H]2C(C)C)CC1. The Labute approximate surface area is 174 Å². The second-order valence-corrected chi connectivity index (χ2v) is 9.35. The van der Waals surface area contributed by atoms with Crippen LogP contribution in [0.2, 0.25) is 0 Å². The zero-order chi connectivity index (χ0) is 21.0. The zero-order valence-corrected chi connectivity index (χ0v) is 18.1. The Morgan fingerprint density at radius 3 is 2.38 bits per heavy atom. The molecule has 7 heteroatoms. The highest BCUT2D eigenvalue weighted by molar-refractivity contribution is 5.96. The van der Waals surface area contributed by atoms with E-state index < -0.39 is 12.0 Å². The van der Waals surface area contributed by atoms with Crippen molar-refractivity contribution in [3.8, 4) is 0 Å². The van der Waals surface area contributed by atoms with Crippen molar-refractivity contribution in [3.05, 3.63) is 0 Å². The van der Waals surface area contributed by atoms with E-state index in [4.69, 9.17) is 9.47 Å². The first-order valence-corrected chi connectivity index (χ1v) is 11.2. The first-order valence-electron chi connectivity index (χ1n) is 11.2. The lowest BCUT2D eigenvalue weighted by molar-refractivity contribution is -0.143. The summed E-state index contributed by atoms with van der Waals surface area (Å²) in [6.45, 7) is 8.72. The highest BCUT2D eigenvalue weighted by Gasteiger charge is 2.43. The molecular weight excluding hydrogens is 372 g/mol. The van der Waals surface area contributed by atoms with Gasteiger partial charge in [0.1, 0.15) is 6.61 Å². The van der Waals surface area contributed by atoms with E-state index in [1.54, 1.807) is 4.90 Å². The van der Waals surface area contributed by atoms with Gasteiger partial charge in [-0.25, -0.2) is 9.69 Å². The standard InChI is InChI=1S/C22H36N2O5/c1-15(2)19-14-29-22(27)24(19)21(26)18(12-17-6-4-16(3)5-7-17)13-20(25)23-8-10-28-11-9-23/h15-19H,4-14H2,1-3H3/t16?,17?,18?,19-/m1/s1. The van der Waals surface area contributed by atoms with Crippen LogP contribution in [-0.4, -0.2) is 66.7 Å². The van der Waals surface area contributed by atoms with Crippen LogP contribution in [0.5, 0.6) is 0 Å². The minimum absolute atomic E-state index is 0.00973. The van der Waals surface area contributed by atoms with Crippen LogP contribution in [0.25, 0.3) is 0 Å². The molecule has 3 amide bonds. The summed E-state index contributed by atoms with van der Waals surface area (Å²) < 4.78 is 10.5. The van der Waals surface area contributed by atoms with E-state index in [0.717, 1.165) is 18.8 Å². The highest BCUT2D eigenvalue weighted by atomic mass is 16.6. The molecule has 2 aliphatic heterocycles. The van der Waals surface area contributed by atoms with Crippen LogP contribution >= 0.6 is 0 Å². The molecule has 2 heterocycles. The number of hydrogen-bond acceptors (Lipinski definition) is 5. The Morgan fingerprint density at radius 2 is 1.76 bits per heavy atom. The second kappa shape index (κ2) is 9.92. The topological polar surface area (TPSA) is 76.2 Å². The maximum absolute atomic E-state index is 13.5. The van der Waals surface area contributed by atoms with Crippen molar-refractivity contribution in [3.63, 3.8) is 0 Å². The fourth-order valence-corrected chi connectivity index (χ4v) is 4.77. The van der Waals surface area contributed by atoms with Gasteiger partial charge in [0.15, 0.2) is 0 Å². The Kier molecular flexibility index (Phi) is 7.55. The summed E-state index contributed by atoms with van der Waals surface area (Å²) in [5, 5.41) is 0. The molecule has 0 aromatic heterocycles. The molecule has 0 spiro atoms. The lowest BCUT2D eigenvalue weighted by Crippen LogP contribution is -2.47. The molecule has 164 valence electrons. The molecule has 0 N–H and O–H groups in total. The summed E-state index contributed by atoms with van der Waals surface area (Å²) in [7, 11) is 0. The van der Waals surface area contributed by atoms with E-state index in [1.807, 2.05) is 13.8 Å². The summed E-state index contributed by atoms with van der Waals surface area (Å²) in [4.78, 5) is 41.8. The molecule has 2 atom stereocenters. The normalized spacial score (nSPS) is 29.1. The Hall–Kier alpha value is -1.63. The van der Waals surface area contributed by atoms with Crippen LogP contribution in [0.15, 0.2) is 0 Å². The van der Waals surface area contributed by atoms with Gasteiger partial charge in [-0.05, 0) is 24.2 Å². The van der Waals surface area contributed by atoms with Gasteiger partial charge in [-0.15, -0.1) is 0 Å². The summed E-state index contributed by atoms with van der Waals surface area (Å²) in [6.07, 6.45) is 4.81. The van der Waals surface area contributed by atoms with Crippen molar-refractivity contribution in [2.45, 2.75) is 65.3 Å². The number of hydrogen-bond donors (Lipinski definition) is 0. The fourth-order valence-electron chi connectivity index (χ4n) is 4.77. The van der Waals surface area contributed by atoms with Gasteiger partial charge in [0.25, 0.3) is 0 Å². The zero-order valence-electron chi connectivity index (χ0n) is 18.1. The largest absolute Gasteiger partial charge is 0.447 e. The first kappa shape index (κ1) is 22.1. The van der Waals surface area contributed by atoms with E-state index >= 15 is 0 Å². The number of ether oxygens (including phenoxy) is 2. The van der Waals surface area contributed by atoms with Crippen LogP contribution in [0.4, 0.5) is 4.79 Å². The summed E-state index contributed by atoms with van der Waals surface area (Å²) in [6, 6.07) is -0.248. The Bertz CT molecular complexity index is 594. The smallest absolute Gasteiger partial charge is 0.416 e.